The van der Waals surface area contributed by atoms with Crippen molar-refractivity contribution in [1.82, 2.24) is 9.80 Å². The lowest BCUT2D eigenvalue weighted by Gasteiger charge is -2.39. The average Bonchev–Trinajstić information content (AvgIpc) is 2.60. The SMILES string of the molecule is CC1CN(CC2CCN(C(=O)c3ccc(SC(F)(F)F)cc3)CC2)CC(C)O1. The highest BCUT2D eigenvalue weighted by Crippen LogP contribution is 2.36. The Labute approximate surface area is 168 Å². The Bertz CT molecular complexity index is 650. The second-order valence-corrected chi connectivity index (χ2v) is 8.92. The molecule has 0 aromatic heterocycles. The number of rotatable bonds is 4. The van der Waals surface area contributed by atoms with Gasteiger partial charge in [0.25, 0.3) is 5.91 Å². The number of amides is 1. The number of hydrogen-bond donors (Lipinski definition) is 0. The summed E-state index contributed by atoms with van der Waals surface area (Å²) in [5, 5.41) is 0. The molecule has 2 fully saturated rings. The zero-order chi connectivity index (χ0) is 20.3. The first-order chi connectivity index (χ1) is 13.2. The third-order valence-electron chi connectivity index (χ3n) is 5.25. The van der Waals surface area contributed by atoms with E-state index in [4.69, 9.17) is 4.74 Å². The number of ether oxygens (including phenoxy) is 1. The van der Waals surface area contributed by atoms with E-state index in [0.717, 1.165) is 32.5 Å². The fourth-order valence-corrected chi connectivity index (χ4v) is 4.64. The molecule has 0 bridgehead atoms. The first-order valence-corrected chi connectivity index (χ1v) is 10.5. The molecule has 28 heavy (non-hydrogen) atoms. The van der Waals surface area contributed by atoms with Crippen LogP contribution in [0.1, 0.15) is 37.0 Å². The van der Waals surface area contributed by atoms with Crippen molar-refractivity contribution in [2.75, 3.05) is 32.7 Å². The number of hydrogen-bond acceptors (Lipinski definition) is 4. The molecule has 0 N–H and O–H groups in total. The molecule has 0 aliphatic carbocycles. The number of thioether (sulfide) groups is 1. The Morgan fingerprint density at radius 2 is 1.68 bits per heavy atom. The normalized spacial score (nSPS) is 25.1. The third kappa shape index (κ3) is 6.12. The first kappa shape index (κ1) is 21.5. The fourth-order valence-electron chi connectivity index (χ4n) is 4.10. The number of halogens is 3. The molecule has 0 radical (unpaired) electrons. The smallest absolute Gasteiger partial charge is 0.373 e. The van der Waals surface area contributed by atoms with Crippen LogP contribution in [0.5, 0.6) is 0 Å². The van der Waals surface area contributed by atoms with Crippen molar-refractivity contribution >= 4 is 17.7 Å². The molecular weight excluding hydrogens is 389 g/mol. The summed E-state index contributed by atoms with van der Waals surface area (Å²) < 4.78 is 43.0. The highest BCUT2D eigenvalue weighted by atomic mass is 32.2. The summed E-state index contributed by atoms with van der Waals surface area (Å²) in [5.74, 6) is 0.461. The van der Waals surface area contributed by atoms with Crippen LogP contribution < -0.4 is 0 Å². The molecular formula is C20H27F3N2O2S. The third-order valence-corrected chi connectivity index (χ3v) is 5.99. The topological polar surface area (TPSA) is 32.8 Å². The van der Waals surface area contributed by atoms with E-state index in [9.17, 15) is 18.0 Å². The lowest BCUT2D eigenvalue weighted by atomic mass is 9.95. The molecule has 156 valence electrons. The molecule has 1 amide bonds. The summed E-state index contributed by atoms with van der Waals surface area (Å²) in [4.78, 5) is 17.0. The number of likely N-dealkylation sites (tertiary alicyclic amines) is 1. The summed E-state index contributed by atoms with van der Waals surface area (Å²) in [6.07, 6.45) is 2.41. The number of piperidine rings is 1. The van der Waals surface area contributed by atoms with E-state index >= 15 is 0 Å². The Morgan fingerprint density at radius 3 is 2.21 bits per heavy atom. The second kappa shape index (κ2) is 9.05. The van der Waals surface area contributed by atoms with Gasteiger partial charge in [0.05, 0.1) is 12.2 Å². The summed E-state index contributed by atoms with van der Waals surface area (Å²) in [5.41, 5.74) is -3.87. The number of carbonyl (C=O) groups excluding carboxylic acids is 1. The van der Waals surface area contributed by atoms with Crippen LogP contribution in [0.2, 0.25) is 0 Å². The molecule has 4 nitrogen and oxygen atoms in total. The molecule has 2 atom stereocenters. The van der Waals surface area contributed by atoms with E-state index < -0.39 is 5.51 Å². The first-order valence-electron chi connectivity index (χ1n) is 9.72. The molecule has 2 aliphatic rings. The van der Waals surface area contributed by atoms with Crippen LogP contribution in [0.15, 0.2) is 29.2 Å². The van der Waals surface area contributed by atoms with Gasteiger partial charge in [-0.15, -0.1) is 0 Å². The van der Waals surface area contributed by atoms with Crippen LogP contribution in [-0.2, 0) is 4.74 Å². The minimum atomic E-state index is -4.32. The van der Waals surface area contributed by atoms with Gasteiger partial charge in [0.2, 0.25) is 0 Å². The highest BCUT2D eigenvalue weighted by molar-refractivity contribution is 8.00. The van der Waals surface area contributed by atoms with Crippen molar-refractivity contribution in [2.45, 2.75) is 49.3 Å². The Morgan fingerprint density at radius 1 is 1.11 bits per heavy atom. The van der Waals surface area contributed by atoms with E-state index in [-0.39, 0.29) is 34.8 Å². The van der Waals surface area contributed by atoms with Crippen LogP contribution in [0.3, 0.4) is 0 Å². The van der Waals surface area contributed by atoms with E-state index in [1.54, 1.807) is 0 Å². The van der Waals surface area contributed by atoms with Gasteiger partial charge in [0.1, 0.15) is 0 Å². The fraction of sp³-hybridized carbons (Fsp3) is 0.650. The van der Waals surface area contributed by atoms with Crippen LogP contribution in [0.25, 0.3) is 0 Å². The Kier molecular flexibility index (Phi) is 6.94. The molecule has 1 aromatic carbocycles. The van der Waals surface area contributed by atoms with Gasteiger partial charge < -0.3 is 9.64 Å². The zero-order valence-electron chi connectivity index (χ0n) is 16.2. The molecule has 0 spiro atoms. The van der Waals surface area contributed by atoms with Gasteiger partial charge in [-0.25, -0.2) is 0 Å². The van der Waals surface area contributed by atoms with Gasteiger partial charge in [-0.05, 0) is 68.6 Å². The van der Waals surface area contributed by atoms with E-state index in [1.165, 1.54) is 24.3 Å². The lowest BCUT2D eigenvalue weighted by Crippen LogP contribution is -2.48. The van der Waals surface area contributed by atoms with Crippen molar-refractivity contribution in [3.63, 3.8) is 0 Å². The molecule has 2 saturated heterocycles. The maximum atomic E-state index is 12.6. The number of morpholine rings is 1. The van der Waals surface area contributed by atoms with Crippen molar-refractivity contribution < 1.29 is 22.7 Å². The Balaban J connectivity index is 1.48. The van der Waals surface area contributed by atoms with Gasteiger partial charge in [-0.3, -0.25) is 9.69 Å². The maximum Gasteiger partial charge on any atom is 0.446 e. The number of benzene rings is 1. The van der Waals surface area contributed by atoms with Crippen molar-refractivity contribution in [3.05, 3.63) is 29.8 Å². The lowest BCUT2D eigenvalue weighted by molar-refractivity contribution is -0.0728. The van der Waals surface area contributed by atoms with Crippen LogP contribution in [-0.4, -0.2) is 66.1 Å². The largest absolute Gasteiger partial charge is 0.446 e. The molecule has 2 aliphatic heterocycles. The van der Waals surface area contributed by atoms with Crippen LogP contribution >= 0.6 is 11.8 Å². The average molecular weight is 417 g/mol. The van der Waals surface area contributed by atoms with Gasteiger partial charge in [-0.1, -0.05) is 0 Å². The summed E-state index contributed by atoms with van der Waals surface area (Å²) >= 11 is -0.165. The van der Waals surface area contributed by atoms with Gasteiger partial charge in [0.15, 0.2) is 0 Å². The van der Waals surface area contributed by atoms with Crippen LogP contribution in [0, 0.1) is 5.92 Å². The predicted molar refractivity (Wildman–Crippen MR) is 103 cm³/mol. The van der Waals surface area contributed by atoms with Gasteiger partial charge in [-0.2, -0.15) is 13.2 Å². The van der Waals surface area contributed by atoms with Crippen molar-refractivity contribution in [1.29, 1.82) is 0 Å². The molecule has 8 heteroatoms. The second-order valence-electron chi connectivity index (χ2n) is 7.78. The van der Waals surface area contributed by atoms with Crippen LogP contribution in [0.4, 0.5) is 13.2 Å². The van der Waals surface area contributed by atoms with E-state index in [2.05, 4.69) is 18.7 Å². The molecule has 0 saturated carbocycles. The van der Waals surface area contributed by atoms with E-state index in [0.29, 0.717) is 24.6 Å². The number of nitrogens with zero attached hydrogens (tertiary/aromatic N) is 2. The standard InChI is InChI=1S/C20H27F3N2O2S/c1-14-11-24(12-15(2)27-14)13-16-7-9-25(10-8-16)19(26)17-3-5-18(6-4-17)28-20(21,22)23/h3-6,14-16H,7-13H2,1-2H3. The number of alkyl halides is 3. The monoisotopic (exact) mass is 416 g/mol. The zero-order valence-corrected chi connectivity index (χ0v) is 17.1. The van der Waals surface area contributed by atoms with Crippen molar-refractivity contribution in [2.24, 2.45) is 5.92 Å². The van der Waals surface area contributed by atoms with Crippen molar-refractivity contribution in [3.8, 4) is 0 Å². The number of carbonyl (C=O) groups is 1. The molecule has 3 rings (SSSR count). The highest BCUT2D eigenvalue weighted by Gasteiger charge is 2.30. The maximum absolute atomic E-state index is 12.6. The minimum Gasteiger partial charge on any atom is -0.373 e. The summed E-state index contributed by atoms with van der Waals surface area (Å²) in [6.45, 7) is 8.52. The molecule has 2 heterocycles. The van der Waals surface area contributed by atoms with Gasteiger partial charge >= 0.3 is 5.51 Å². The quantitative estimate of drug-likeness (QED) is 0.687. The summed E-state index contributed by atoms with van der Waals surface area (Å²) in [6, 6.07) is 5.69. The van der Waals surface area contributed by atoms with Gasteiger partial charge in [0, 0.05) is 43.2 Å². The Hall–Kier alpha value is -1.25. The molecule has 2 unspecified atom stereocenters. The molecule has 1 aromatic rings. The predicted octanol–water partition coefficient (Wildman–Crippen LogP) is 4.26. The minimum absolute atomic E-state index is 0.0942. The van der Waals surface area contributed by atoms with E-state index in [1.807, 2.05) is 4.90 Å². The summed E-state index contributed by atoms with van der Waals surface area (Å²) in [7, 11) is 0.